The summed E-state index contributed by atoms with van der Waals surface area (Å²) in [5.41, 5.74) is 0. The molecular formula is C12H24N2. The van der Waals surface area contributed by atoms with Gasteiger partial charge < -0.3 is 10.2 Å². The van der Waals surface area contributed by atoms with Crippen molar-refractivity contribution in [2.75, 3.05) is 20.6 Å². The molecule has 1 aliphatic carbocycles. The Morgan fingerprint density at radius 1 is 1.14 bits per heavy atom. The number of likely N-dealkylation sites (tertiary alicyclic amines) is 1. The second-order valence-corrected chi connectivity index (χ2v) is 5.05. The Balaban J connectivity index is 1.96. The van der Waals surface area contributed by atoms with Gasteiger partial charge in [0.1, 0.15) is 0 Å². The Morgan fingerprint density at radius 3 is 2.57 bits per heavy atom. The van der Waals surface area contributed by atoms with E-state index in [-0.39, 0.29) is 0 Å². The van der Waals surface area contributed by atoms with Gasteiger partial charge in [-0.2, -0.15) is 0 Å². The molecule has 0 aromatic carbocycles. The van der Waals surface area contributed by atoms with Crippen LogP contribution in [-0.2, 0) is 0 Å². The third-order valence-corrected chi connectivity index (χ3v) is 3.95. The highest BCUT2D eigenvalue weighted by Crippen LogP contribution is 2.36. The molecule has 2 fully saturated rings. The van der Waals surface area contributed by atoms with Gasteiger partial charge in [-0.05, 0) is 52.2 Å². The molecule has 0 aromatic rings. The number of likely N-dealkylation sites (N-methyl/N-ethyl adjacent to an activating group) is 2. The molecule has 2 nitrogen and oxygen atoms in total. The zero-order valence-electron chi connectivity index (χ0n) is 9.63. The van der Waals surface area contributed by atoms with E-state index < -0.39 is 0 Å². The largest absolute Gasteiger partial charge is 0.315 e. The third-order valence-electron chi connectivity index (χ3n) is 3.95. The normalized spacial score (nSPS) is 32.6. The van der Waals surface area contributed by atoms with Gasteiger partial charge in [-0.3, -0.25) is 0 Å². The van der Waals surface area contributed by atoms with Crippen LogP contribution in [0.3, 0.4) is 0 Å². The van der Waals surface area contributed by atoms with Crippen LogP contribution in [0.25, 0.3) is 0 Å². The van der Waals surface area contributed by atoms with Crippen molar-refractivity contribution in [2.45, 2.75) is 50.6 Å². The molecule has 82 valence electrons. The van der Waals surface area contributed by atoms with Crippen LogP contribution in [0.4, 0.5) is 0 Å². The molecule has 2 atom stereocenters. The smallest absolute Gasteiger partial charge is 0.0248 e. The minimum absolute atomic E-state index is 0.762. The van der Waals surface area contributed by atoms with Crippen molar-refractivity contribution in [3.63, 3.8) is 0 Å². The first-order valence-corrected chi connectivity index (χ1v) is 6.20. The number of hydrogen-bond donors (Lipinski definition) is 1. The maximum Gasteiger partial charge on any atom is 0.0248 e. The zero-order valence-corrected chi connectivity index (χ0v) is 9.63. The van der Waals surface area contributed by atoms with Crippen molar-refractivity contribution in [3.05, 3.63) is 0 Å². The molecule has 1 aliphatic heterocycles. The highest BCUT2D eigenvalue weighted by atomic mass is 15.2. The second-order valence-electron chi connectivity index (χ2n) is 5.05. The monoisotopic (exact) mass is 196 g/mol. The first-order valence-electron chi connectivity index (χ1n) is 6.20. The fourth-order valence-electron chi connectivity index (χ4n) is 2.93. The molecule has 1 saturated carbocycles. The summed E-state index contributed by atoms with van der Waals surface area (Å²) in [4.78, 5) is 2.59. The van der Waals surface area contributed by atoms with Crippen molar-refractivity contribution in [1.82, 2.24) is 10.2 Å². The molecule has 0 bridgehead atoms. The van der Waals surface area contributed by atoms with Crippen LogP contribution in [0, 0.1) is 5.92 Å². The highest BCUT2D eigenvalue weighted by molar-refractivity contribution is 4.94. The molecule has 0 radical (unpaired) electrons. The number of rotatable bonds is 3. The van der Waals surface area contributed by atoms with Gasteiger partial charge in [-0.15, -0.1) is 0 Å². The van der Waals surface area contributed by atoms with Crippen LogP contribution >= 0.6 is 0 Å². The van der Waals surface area contributed by atoms with Gasteiger partial charge in [0.2, 0.25) is 0 Å². The summed E-state index contributed by atoms with van der Waals surface area (Å²) in [5, 5.41) is 3.55. The fraction of sp³-hybridized carbons (Fsp3) is 1.00. The van der Waals surface area contributed by atoms with E-state index in [1.165, 1.54) is 45.1 Å². The van der Waals surface area contributed by atoms with Gasteiger partial charge in [-0.1, -0.05) is 12.8 Å². The van der Waals surface area contributed by atoms with Gasteiger partial charge in [-0.25, -0.2) is 0 Å². The lowest BCUT2D eigenvalue weighted by Crippen LogP contribution is -2.48. The number of nitrogens with zero attached hydrogens (tertiary/aromatic N) is 1. The van der Waals surface area contributed by atoms with Crippen LogP contribution in [-0.4, -0.2) is 37.6 Å². The zero-order chi connectivity index (χ0) is 9.97. The highest BCUT2D eigenvalue weighted by Gasteiger charge is 2.37. The van der Waals surface area contributed by atoms with Crippen molar-refractivity contribution in [2.24, 2.45) is 5.92 Å². The maximum atomic E-state index is 3.55. The Bertz CT molecular complexity index is 177. The summed E-state index contributed by atoms with van der Waals surface area (Å²) in [5.74, 6) is 0.977. The summed E-state index contributed by atoms with van der Waals surface area (Å²) in [7, 11) is 4.45. The van der Waals surface area contributed by atoms with E-state index in [0.717, 1.165) is 18.0 Å². The molecule has 2 heteroatoms. The van der Waals surface area contributed by atoms with Crippen LogP contribution in [0.5, 0.6) is 0 Å². The van der Waals surface area contributed by atoms with Crippen molar-refractivity contribution in [3.8, 4) is 0 Å². The predicted molar refractivity (Wildman–Crippen MR) is 60.5 cm³/mol. The van der Waals surface area contributed by atoms with Crippen molar-refractivity contribution in [1.29, 1.82) is 0 Å². The molecule has 0 aromatic heterocycles. The van der Waals surface area contributed by atoms with Crippen molar-refractivity contribution < 1.29 is 0 Å². The second kappa shape index (κ2) is 4.63. The lowest BCUT2D eigenvalue weighted by atomic mass is 9.98. The summed E-state index contributed by atoms with van der Waals surface area (Å²) in [6.07, 6.45) is 8.57. The van der Waals surface area contributed by atoms with E-state index in [9.17, 15) is 0 Å². The Kier molecular flexibility index (Phi) is 3.45. The molecule has 2 aliphatic rings. The summed E-state index contributed by atoms with van der Waals surface area (Å²) in [6, 6.07) is 1.56. The lowest BCUT2D eigenvalue weighted by molar-refractivity contribution is 0.186. The standard InChI is InChI=1S/C12H24N2/c1-13-12(10-7-8-10)11-6-4-3-5-9-14(11)2/h10-13H,3-9H2,1-2H3. The summed E-state index contributed by atoms with van der Waals surface area (Å²) in [6.45, 7) is 1.30. The number of hydrogen-bond acceptors (Lipinski definition) is 2. The van der Waals surface area contributed by atoms with Crippen molar-refractivity contribution >= 4 is 0 Å². The number of nitrogens with one attached hydrogen (secondary N) is 1. The molecule has 14 heavy (non-hydrogen) atoms. The molecule has 2 unspecified atom stereocenters. The average molecular weight is 196 g/mol. The van der Waals surface area contributed by atoms with Crippen LogP contribution in [0.1, 0.15) is 38.5 Å². The Hall–Kier alpha value is -0.0800. The van der Waals surface area contributed by atoms with Gasteiger partial charge in [0.25, 0.3) is 0 Å². The molecule has 1 heterocycles. The van der Waals surface area contributed by atoms with E-state index in [1.807, 2.05) is 0 Å². The topological polar surface area (TPSA) is 15.3 Å². The van der Waals surface area contributed by atoms with E-state index in [4.69, 9.17) is 0 Å². The quantitative estimate of drug-likeness (QED) is 0.741. The van der Waals surface area contributed by atoms with E-state index in [0.29, 0.717) is 0 Å². The minimum Gasteiger partial charge on any atom is -0.315 e. The molecular weight excluding hydrogens is 172 g/mol. The van der Waals surface area contributed by atoms with Crippen LogP contribution in [0.2, 0.25) is 0 Å². The minimum atomic E-state index is 0.762. The first kappa shape index (κ1) is 10.4. The molecule has 0 amide bonds. The van der Waals surface area contributed by atoms with Gasteiger partial charge >= 0.3 is 0 Å². The molecule has 0 spiro atoms. The van der Waals surface area contributed by atoms with E-state index in [2.05, 4.69) is 24.3 Å². The van der Waals surface area contributed by atoms with Gasteiger partial charge in [0, 0.05) is 12.1 Å². The Labute approximate surface area is 88.1 Å². The molecule has 1 N–H and O–H groups in total. The maximum absolute atomic E-state index is 3.55. The molecule has 2 rings (SSSR count). The van der Waals surface area contributed by atoms with Crippen LogP contribution < -0.4 is 5.32 Å². The van der Waals surface area contributed by atoms with Crippen LogP contribution in [0.15, 0.2) is 0 Å². The van der Waals surface area contributed by atoms with E-state index in [1.54, 1.807) is 0 Å². The summed E-state index contributed by atoms with van der Waals surface area (Å²) >= 11 is 0. The first-order chi connectivity index (χ1) is 6.83. The Morgan fingerprint density at radius 2 is 1.93 bits per heavy atom. The van der Waals surface area contributed by atoms with Gasteiger partial charge in [0.05, 0.1) is 0 Å². The summed E-state index contributed by atoms with van der Waals surface area (Å²) < 4.78 is 0. The van der Waals surface area contributed by atoms with Gasteiger partial charge in [0.15, 0.2) is 0 Å². The fourth-order valence-corrected chi connectivity index (χ4v) is 2.93. The molecule has 1 saturated heterocycles. The SMILES string of the molecule is CNC(C1CC1)C1CCCCCN1C. The van der Waals surface area contributed by atoms with E-state index >= 15 is 0 Å². The predicted octanol–water partition coefficient (Wildman–Crippen LogP) is 1.86. The third kappa shape index (κ3) is 2.29. The average Bonchev–Trinajstić information content (AvgIpc) is 2.98. The lowest BCUT2D eigenvalue weighted by Gasteiger charge is -2.33.